The van der Waals surface area contributed by atoms with Gasteiger partial charge in [-0.15, -0.1) is 10.2 Å². The van der Waals surface area contributed by atoms with E-state index in [0.717, 1.165) is 30.0 Å². The smallest absolute Gasteiger partial charge is 0.200 e. The van der Waals surface area contributed by atoms with Crippen LogP contribution in [0.5, 0.6) is 0 Å². The lowest BCUT2D eigenvalue weighted by Crippen LogP contribution is -2.44. The van der Waals surface area contributed by atoms with Crippen LogP contribution in [0.15, 0.2) is 12.4 Å². The van der Waals surface area contributed by atoms with E-state index in [1.165, 1.54) is 32.2 Å². The van der Waals surface area contributed by atoms with Gasteiger partial charge < -0.3 is 5.32 Å². The van der Waals surface area contributed by atoms with E-state index in [4.69, 9.17) is 0 Å². The number of rotatable bonds is 6. The monoisotopic (exact) mass is 316 g/mol. The fraction of sp³-hybridized carbons (Fsp3) is 0.706. The van der Waals surface area contributed by atoms with E-state index in [2.05, 4.69) is 52.4 Å². The van der Waals surface area contributed by atoms with Crippen LogP contribution in [-0.4, -0.2) is 49.9 Å². The van der Waals surface area contributed by atoms with Crippen LogP contribution in [0.1, 0.15) is 52.1 Å². The van der Waals surface area contributed by atoms with Crippen molar-refractivity contribution >= 4 is 11.3 Å². The van der Waals surface area contributed by atoms with Crippen LogP contribution in [0.25, 0.3) is 5.65 Å². The van der Waals surface area contributed by atoms with Gasteiger partial charge in [-0.3, -0.25) is 4.90 Å². The first-order valence-electron chi connectivity index (χ1n) is 8.88. The van der Waals surface area contributed by atoms with Gasteiger partial charge in [0, 0.05) is 18.6 Å². The number of nitrogens with zero attached hydrogens (tertiary/aromatic N) is 5. The number of aromatic nitrogens is 4. The standard InChI is InChI=1S/C17H28N6/c1-4-14-11-16(17-20-19-12-23(17)21-14)18-9-8-15-7-5-6-10-22(15)13(2)3/h11-13,15,18H,4-10H2,1-3H3. The van der Waals surface area contributed by atoms with Crippen molar-refractivity contribution in [2.24, 2.45) is 0 Å². The number of aryl methyl sites for hydroxylation is 1. The van der Waals surface area contributed by atoms with Crippen molar-refractivity contribution in [3.05, 3.63) is 18.1 Å². The minimum atomic E-state index is 0.635. The van der Waals surface area contributed by atoms with Gasteiger partial charge in [0.1, 0.15) is 6.33 Å². The topological polar surface area (TPSA) is 58.3 Å². The zero-order valence-electron chi connectivity index (χ0n) is 14.5. The van der Waals surface area contributed by atoms with Crippen molar-refractivity contribution < 1.29 is 0 Å². The van der Waals surface area contributed by atoms with Gasteiger partial charge in [0.15, 0.2) is 0 Å². The summed E-state index contributed by atoms with van der Waals surface area (Å²) in [4.78, 5) is 2.65. The highest BCUT2D eigenvalue weighted by molar-refractivity contribution is 5.66. The third-order valence-electron chi connectivity index (χ3n) is 4.81. The van der Waals surface area contributed by atoms with E-state index in [-0.39, 0.29) is 0 Å². The second-order valence-corrected chi connectivity index (χ2v) is 6.70. The molecule has 0 aromatic carbocycles. The average molecular weight is 316 g/mol. The third kappa shape index (κ3) is 3.63. The van der Waals surface area contributed by atoms with E-state index in [9.17, 15) is 0 Å². The average Bonchev–Trinajstić information content (AvgIpc) is 3.03. The third-order valence-corrected chi connectivity index (χ3v) is 4.81. The summed E-state index contributed by atoms with van der Waals surface area (Å²) in [5.74, 6) is 0. The Bertz CT molecular complexity index is 635. The van der Waals surface area contributed by atoms with Crippen LogP contribution in [0.3, 0.4) is 0 Å². The number of likely N-dealkylation sites (tertiary alicyclic amines) is 1. The zero-order valence-corrected chi connectivity index (χ0v) is 14.5. The highest BCUT2D eigenvalue weighted by Crippen LogP contribution is 2.22. The van der Waals surface area contributed by atoms with Crippen molar-refractivity contribution in [1.29, 1.82) is 0 Å². The Balaban J connectivity index is 1.65. The number of hydrogen-bond acceptors (Lipinski definition) is 5. The zero-order chi connectivity index (χ0) is 16.2. The van der Waals surface area contributed by atoms with E-state index in [1.54, 1.807) is 10.8 Å². The number of fused-ring (bicyclic) bond motifs is 1. The van der Waals surface area contributed by atoms with Crippen molar-refractivity contribution in [2.75, 3.05) is 18.4 Å². The molecule has 6 heteroatoms. The highest BCUT2D eigenvalue weighted by atomic mass is 15.3. The fourth-order valence-corrected chi connectivity index (χ4v) is 3.57. The molecule has 1 unspecified atom stereocenters. The Labute approximate surface area is 138 Å². The van der Waals surface area contributed by atoms with Crippen molar-refractivity contribution in [2.45, 2.75) is 65.0 Å². The highest BCUT2D eigenvalue weighted by Gasteiger charge is 2.23. The van der Waals surface area contributed by atoms with Gasteiger partial charge in [-0.25, -0.2) is 0 Å². The molecule has 1 fully saturated rings. The fourth-order valence-electron chi connectivity index (χ4n) is 3.57. The molecule has 0 bridgehead atoms. The van der Waals surface area contributed by atoms with E-state index in [1.807, 2.05) is 0 Å². The Kier molecular flexibility index (Phi) is 5.10. The molecule has 1 aliphatic heterocycles. The summed E-state index contributed by atoms with van der Waals surface area (Å²) in [6, 6.07) is 3.43. The molecule has 1 atom stereocenters. The molecule has 126 valence electrons. The molecule has 2 aromatic rings. The van der Waals surface area contributed by atoms with E-state index >= 15 is 0 Å². The molecule has 1 N–H and O–H groups in total. The normalized spacial score (nSPS) is 19.6. The van der Waals surface area contributed by atoms with Crippen LogP contribution < -0.4 is 5.32 Å². The minimum Gasteiger partial charge on any atom is -0.382 e. The maximum atomic E-state index is 4.49. The van der Waals surface area contributed by atoms with Crippen LogP contribution >= 0.6 is 0 Å². The molecular formula is C17H28N6. The summed E-state index contributed by atoms with van der Waals surface area (Å²) in [6.07, 6.45) is 7.76. The maximum Gasteiger partial charge on any atom is 0.200 e. The molecule has 1 aliphatic rings. The Hall–Kier alpha value is -1.69. The number of piperidine rings is 1. The molecule has 0 radical (unpaired) electrons. The van der Waals surface area contributed by atoms with Gasteiger partial charge in [0.2, 0.25) is 5.65 Å². The molecule has 2 aromatic heterocycles. The van der Waals surface area contributed by atoms with Crippen molar-refractivity contribution in [3.8, 4) is 0 Å². The first-order chi connectivity index (χ1) is 11.2. The number of hydrogen-bond donors (Lipinski definition) is 1. The first kappa shape index (κ1) is 16.2. The summed E-state index contributed by atoms with van der Waals surface area (Å²) in [6.45, 7) is 8.93. The van der Waals surface area contributed by atoms with Gasteiger partial charge in [0.05, 0.1) is 11.4 Å². The summed E-state index contributed by atoms with van der Waals surface area (Å²) < 4.78 is 1.77. The maximum absolute atomic E-state index is 4.49. The van der Waals surface area contributed by atoms with Gasteiger partial charge in [-0.05, 0) is 52.1 Å². The number of anilines is 1. The van der Waals surface area contributed by atoms with Crippen LogP contribution in [-0.2, 0) is 6.42 Å². The summed E-state index contributed by atoms with van der Waals surface area (Å²) in [5, 5.41) is 16.2. The number of nitrogens with one attached hydrogen (secondary N) is 1. The first-order valence-corrected chi connectivity index (χ1v) is 8.88. The Morgan fingerprint density at radius 2 is 2.22 bits per heavy atom. The second kappa shape index (κ2) is 7.25. The molecule has 0 aliphatic carbocycles. The summed E-state index contributed by atoms with van der Waals surface area (Å²) in [5.41, 5.74) is 2.91. The second-order valence-electron chi connectivity index (χ2n) is 6.70. The minimum absolute atomic E-state index is 0.635. The molecule has 0 amide bonds. The van der Waals surface area contributed by atoms with Crippen LogP contribution in [0, 0.1) is 0 Å². The van der Waals surface area contributed by atoms with Crippen molar-refractivity contribution in [3.63, 3.8) is 0 Å². The lowest BCUT2D eigenvalue weighted by molar-refractivity contribution is 0.108. The summed E-state index contributed by atoms with van der Waals surface area (Å²) in [7, 11) is 0. The molecule has 3 heterocycles. The quantitative estimate of drug-likeness (QED) is 0.888. The van der Waals surface area contributed by atoms with Crippen LogP contribution in [0.4, 0.5) is 5.69 Å². The molecule has 1 saturated heterocycles. The van der Waals surface area contributed by atoms with Gasteiger partial charge in [0.25, 0.3) is 0 Å². The van der Waals surface area contributed by atoms with Crippen LogP contribution in [0.2, 0.25) is 0 Å². The molecular weight excluding hydrogens is 288 g/mol. The van der Waals surface area contributed by atoms with Gasteiger partial charge in [-0.2, -0.15) is 9.61 Å². The molecule has 23 heavy (non-hydrogen) atoms. The Morgan fingerprint density at radius 1 is 1.35 bits per heavy atom. The lowest BCUT2D eigenvalue weighted by atomic mass is 9.98. The predicted octanol–water partition coefficient (Wildman–Crippen LogP) is 2.75. The van der Waals surface area contributed by atoms with Gasteiger partial charge >= 0.3 is 0 Å². The molecule has 3 rings (SSSR count). The lowest BCUT2D eigenvalue weighted by Gasteiger charge is -2.38. The van der Waals surface area contributed by atoms with E-state index < -0.39 is 0 Å². The summed E-state index contributed by atoms with van der Waals surface area (Å²) >= 11 is 0. The molecule has 6 nitrogen and oxygen atoms in total. The van der Waals surface area contributed by atoms with E-state index in [0.29, 0.717) is 12.1 Å². The molecule has 0 saturated carbocycles. The van der Waals surface area contributed by atoms with Crippen molar-refractivity contribution in [1.82, 2.24) is 24.7 Å². The largest absolute Gasteiger partial charge is 0.382 e. The predicted molar refractivity (Wildman–Crippen MR) is 92.7 cm³/mol. The Morgan fingerprint density at radius 3 is 3.00 bits per heavy atom. The van der Waals surface area contributed by atoms with Gasteiger partial charge in [-0.1, -0.05) is 13.3 Å². The SMILES string of the molecule is CCc1cc(NCCC2CCCCN2C(C)C)c2nncn2n1. The molecule has 0 spiro atoms.